The van der Waals surface area contributed by atoms with Crippen molar-refractivity contribution in [2.24, 2.45) is 11.7 Å². The van der Waals surface area contributed by atoms with Crippen LogP contribution in [0.1, 0.15) is 6.42 Å². The lowest BCUT2D eigenvalue weighted by Gasteiger charge is -2.19. The summed E-state index contributed by atoms with van der Waals surface area (Å²) < 4.78 is 5.72. The highest BCUT2D eigenvalue weighted by Gasteiger charge is 2.27. The normalized spacial score (nSPS) is 17.5. The van der Waals surface area contributed by atoms with Gasteiger partial charge in [0.05, 0.1) is 10.9 Å². The molecule has 1 fully saturated rings. The van der Waals surface area contributed by atoms with Gasteiger partial charge in [-0.1, -0.05) is 17.7 Å². The van der Waals surface area contributed by atoms with Gasteiger partial charge in [0.1, 0.15) is 5.75 Å². The molecule has 1 saturated heterocycles. The number of primary amides is 1. The summed E-state index contributed by atoms with van der Waals surface area (Å²) in [6.07, 6.45) is 2.43. The van der Waals surface area contributed by atoms with Crippen molar-refractivity contribution in [2.75, 3.05) is 18.0 Å². The Morgan fingerprint density at radius 3 is 2.91 bits per heavy atom. The highest BCUT2D eigenvalue weighted by atomic mass is 35.5. The van der Waals surface area contributed by atoms with Crippen LogP contribution in [0.4, 0.5) is 5.69 Å². The molecule has 2 aromatic rings. The maximum absolute atomic E-state index is 11.3. The van der Waals surface area contributed by atoms with Crippen molar-refractivity contribution in [1.29, 1.82) is 0 Å². The van der Waals surface area contributed by atoms with Crippen LogP contribution in [0.15, 0.2) is 42.6 Å². The van der Waals surface area contributed by atoms with Gasteiger partial charge in [-0.3, -0.25) is 4.79 Å². The van der Waals surface area contributed by atoms with E-state index in [4.69, 9.17) is 22.1 Å². The van der Waals surface area contributed by atoms with Gasteiger partial charge in [-0.25, -0.2) is 4.98 Å². The minimum Gasteiger partial charge on any atom is -0.437 e. The number of ether oxygens (including phenoxy) is 1. The van der Waals surface area contributed by atoms with Crippen LogP contribution in [0.25, 0.3) is 0 Å². The molecular weight excluding hydrogens is 302 g/mol. The van der Waals surface area contributed by atoms with Gasteiger partial charge in [0, 0.05) is 37.1 Å². The zero-order valence-corrected chi connectivity index (χ0v) is 12.7. The zero-order valence-electron chi connectivity index (χ0n) is 11.9. The molecule has 1 amide bonds. The lowest BCUT2D eigenvalue weighted by Crippen LogP contribution is -2.27. The molecule has 1 aromatic carbocycles. The van der Waals surface area contributed by atoms with E-state index in [1.807, 2.05) is 24.3 Å². The third kappa shape index (κ3) is 3.14. The fourth-order valence-electron chi connectivity index (χ4n) is 2.51. The van der Waals surface area contributed by atoms with Gasteiger partial charge in [-0.05, 0) is 24.6 Å². The second kappa shape index (κ2) is 6.23. The maximum atomic E-state index is 11.3. The van der Waals surface area contributed by atoms with Crippen LogP contribution < -0.4 is 15.4 Å². The Balaban J connectivity index is 1.80. The molecule has 0 aliphatic carbocycles. The van der Waals surface area contributed by atoms with Gasteiger partial charge in [-0.2, -0.15) is 0 Å². The van der Waals surface area contributed by atoms with Gasteiger partial charge in [0.15, 0.2) is 0 Å². The molecule has 1 aliphatic heterocycles. The lowest BCUT2D eigenvalue weighted by molar-refractivity contribution is -0.121. The summed E-state index contributed by atoms with van der Waals surface area (Å²) in [6, 6.07) is 11.0. The Morgan fingerprint density at radius 1 is 1.36 bits per heavy atom. The number of amides is 1. The second-order valence-electron chi connectivity index (χ2n) is 5.22. The van der Waals surface area contributed by atoms with E-state index in [0.29, 0.717) is 23.2 Å². The zero-order chi connectivity index (χ0) is 15.5. The van der Waals surface area contributed by atoms with Gasteiger partial charge in [0.25, 0.3) is 0 Å². The summed E-state index contributed by atoms with van der Waals surface area (Å²) in [7, 11) is 0. The van der Waals surface area contributed by atoms with Crippen LogP contribution in [-0.4, -0.2) is 24.0 Å². The molecule has 6 heteroatoms. The molecule has 1 aromatic heterocycles. The van der Waals surface area contributed by atoms with Crippen LogP contribution in [-0.2, 0) is 4.79 Å². The minimum absolute atomic E-state index is 0.101. The molecule has 114 valence electrons. The number of carbonyl (C=O) groups excluding carboxylic acids is 1. The Hall–Kier alpha value is -2.27. The van der Waals surface area contributed by atoms with E-state index in [1.54, 1.807) is 18.3 Å². The SMILES string of the molecule is NC(=O)C1CCN(c2ccc(Cl)c(Oc3ccccn3)c2)C1. The first kappa shape index (κ1) is 14.7. The molecule has 0 bridgehead atoms. The number of anilines is 1. The average Bonchev–Trinajstić information content (AvgIpc) is 3.01. The molecule has 22 heavy (non-hydrogen) atoms. The number of halogens is 1. The monoisotopic (exact) mass is 317 g/mol. The van der Waals surface area contributed by atoms with E-state index in [0.717, 1.165) is 18.7 Å². The molecular formula is C16H16ClN3O2. The first-order valence-electron chi connectivity index (χ1n) is 7.06. The largest absolute Gasteiger partial charge is 0.437 e. The van der Waals surface area contributed by atoms with Gasteiger partial charge in [0.2, 0.25) is 11.8 Å². The van der Waals surface area contributed by atoms with Crippen molar-refractivity contribution in [3.05, 3.63) is 47.6 Å². The summed E-state index contributed by atoms with van der Waals surface area (Å²) in [5, 5.41) is 0.514. The molecule has 1 atom stereocenters. The summed E-state index contributed by atoms with van der Waals surface area (Å²) >= 11 is 6.19. The first-order chi connectivity index (χ1) is 10.6. The lowest BCUT2D eigenvalue weighted by atomic mass is 10.1. The van der Waals surface area contributed by atoms with Crippen LogP contribution >= 0.6 is 11.6 Å². The van der Waals surface area contributed by atoms with Crippen molar-refractivity contribution in [3.8, 4) is 11.6 Å². The Bertz CT molecular complexity index is 678. The number of benzene rings is 1. The highest BCUT2D eigenvalue weighted by molar-refractivity contribution is 6.32. The predicted molar refractivity (Wildman–Crippen MR) is 85.3 cm³/mol. The standard InChI is InChI=1S/C16H16ClN3O2/c17-13-5-4-12(20-8-6-11(10-20)16(18)21)9-14(13)22-15-3-1-2-7-19-15/h1-5,7,9,11H,6,8,10H2,(H2,18,21). The van der Waals surface area contributed by atoms with Crippen molar-refractivity contribution in [3.63, 3.8) is 0 Å². The number of hydrogen-bond acceptors (Lipinski definition) is 4. The molecule has 1 aliphatic rings. The molecule has 0 radical (unpaired) electrons. The highest BCUT2D eigenvalue weighted by Crippen LogP contribution is 2.34. The van der Waals surface area contributed by atoms with Crippen molar-refractivity contribution in [1.82, 2.24) is 4.98 Å². The quantitative estimate of drug-likeness (QED) is 0.941. The smallest absolute Gasteiger partial charge is 0.222 e. The van der Waals surface area contributed by atoms with E-state index in [2.05, 4.69) is 9.88 Å². The molecule has 0 spiro atoms. The van der Waals surface area contributed by atoms with Crippen LogP contribution in [0, 0.1) is 5.92 Å². The third-order valence-corrected chi connectivity index (χ3v) is 4.04. The van der Waals surface area contributed by atoms with Crippen LogP contribution in [0.2, 0.25) is 5.02 Å². The number of pyridine rings is 1. The summed E-state index contributed by atoms with van der Waals surface area (Å²) in [4.78, 5) is 17.5. The first-order valence-corrected chi connectivity index (χ1v) is 7.44. The van der Waals surface area contributed by atoms with Gasteiger partial charge >= 0.3 is 0 Å². The average molecular weight is 318 g/mol. The summed E-state index contributed by atoms with van der Waals surface area (Å²) in [5.41, 5.74) is 6.33. The minimum atomic E-state index is -0.249. The molecule has 2 heterocycles. The number of aromatic nitrogens is 1. The Kier molecular flexibility index (Phi) is 4.15. The van der Waals surface area contributed by atoms with Crippen molar-refractivity contribution in [2.45, 2.75) is 6.42 Å². The molecule has 2 N–H and O–H groups in total. The Labute approximate surface area is 133 Å². The van der Waals surface area contributed by atoms with Gasteiger partial charge in [-0.15, -0.1) is 0 Å². The second-order valence-corrected chi connectivity index (χ2v) is 5.63. The number of rotatable bonds is 4. The van der Waals surface area contributed by atoms with Crippen molar-refractivity contribution >= 4 is 23.2 Å². The van der Waals surface area contributed by atoms with E-state index < -0.39 is 0 Å². The number of nitrogens with two attached hydrogens (primary N) is 1. The van der Waals surface area contributed by atoms with Crippen molar-refractivity contribution < 1.29 is 9.53 Å². The Morgan fingerprint density at radius 2 is 2.23 bits per heavy atom. The fraction of sp³-hybridized carbons (Fsp3) is 0.250. The summed E-state index contributed by atoms with van der Waals surface area (Å²) in [6.45, 7) is 1.41. The maximum Gasteiger partial charge on any atom is 0.222 e. The molecule has 0 saturated carbocycles. The third-order valence-electron chi connectivity index (χ3n) is 3.72. The van der Waals surface area contributed by atoms with Gasteiger partial charge < -0.3 is 15.4 Å². The van der Waals surface area contributed by atoms with E-state index >= 15 is 0 Å². The number of carbonyl (C=O) groups is 1. The molecule has 5 nitrogen and oxygen atoms in total. The fourth-order valence-corrected chi connectivity index (χ4v) is 2.67. The van der Waals surface area contributed by atoms with E-state index in [9.17, 15) is 4.79 Å². The molecule has 3 rings (SSSR count). The number of hydrogen-bond donors (Lipinski definition) is 1. The van der Waals surface area contributed by atoms with Crippen LogP contribution in [0.5, 0.6) is 11.6 Å². The number of nitrogens with zero attached hydrogens (tertiary/aromatic N) is 2. The van der Waals surface area contributed by atoms with Crippen LogP contribution in [0.3, 0.4) is 0 Å². The topological polar surface area (TPSA) is 68.5 Å². The predicted octanol–water partition coefficient (Wildman–Crippen LogP) is 2.84. The van der Waals surface area contributed by atoms with E-state index in [-0.39, 0.29) is 11.8 Å². The van der Waals surface area contributed by atoms with E-state index in [1.165, 1.54) is 0 Å². The molecule has 1 unspecified atom stereocenters. The summed E-state index contributed by atoms with van der Waals surface area (Å²) in [5.74, 6) is 0.677.